The van der Waals surface area contributed by atoms with Gasteiger partial charge in [-0.25, -0.2) is 0 Å². The molecule has 0 aliphatic carbocycles. The molecule has 7 heteroatoms. The van der Waals surface area contributed by atoms with Crippen LogP contribution in [0.1, 0.15) is 19.3 Å². The van der Waals surface area contributed by atoms with E-state index in [-0.39, 0.29) is 36.0 Å². The molecule has 3 rings (SSSR count). The third-order valence-electron chi connectivity index (χ3n) is 5.07. The molecule has 1 unspecified atom stereocenters. The van der Waals surface area contributed by atoms with Crippen molar-refractivity contribution < 1.29 is 19.1 Å². The molecule has 2 aliphatic rings. The molecule has 3 amide bonds. The average Bonchev–Trinajstić information content (AvgIpc) is 3.03. The number of carbonyl (C=O) groups is 3. The summed E-state index contributed by atoms with van der Waals surface area (Å²) in [6, 6.07) is 7.24. The van der Waals surface area contributed by atoms with Gasteiger partial charge in [0.2, 0.25) is 17.7 Å². The fourth-order valence-corrected chi connectivity index (χ4v) is 3.53. The van der Waals surface area contributed by atoms with E-state index in [4.69, 9.17) is 10.5 Å². The molecule has 0 saturated carbocycles. The van der Waals surface area contributed by atoms with Crippen molar-refractivity contribution in [1.29, 1.82) is 0 Å². The van der Waals surface area contributed by atoms with E-state index in [9.17, 15) is 14.4 Å². The second kappa shape index (κ2) is 7.13. The Labute approximate surface area is 146 Å². The number of nitrogens with two attached hydrogens (primary N) is 1. The summed E-state index contributed by atoms with van der Waals surface area (Å²) in [4.78, 5) is 39.7. The molecule has 2 aliphatic heterocycles. The van der Waals surface area contributed by atoms with E-state index in [0.717, 1.165) is 11.4 Å². The Morgan fingerprint density at radius 3 is 2.32 bits per heavy atom. The fraction of sp³-hybridized carbons (Fsp3) is 0.500. The monoisotopic (exact) mass is 345 g/mol. The van der Waals surface area contributed by atoms with Crippen LogP contribution in [-0.2, 0) is 14.4 Å². The number of hydrogen-bond donors (Lipinski definition) is 1. The summed E-state index contributed by atoms with van der Waals surface area (Å²) in [5.41, 5.74) is 6.10. The number of rotatable bonds is 4. The van der Waals surface area contributed by atoms with Gasteiger partial charge in [-0.2, -0.15) is 0 Å². The minimum Gasteiger partial charge on any atom is -0.497 e. The maximum absolute atomic E-state index is 12.7. The number of piperidine rings is 1. The SMILES string of the molecule is COc1ccc(N2CC(C(=O)N3CCC(C(N)=O)CC3)CC2=O)cc1. The highest BCUT2D eigenvalue weighted by atomic mass is 16.5. The third-order valence-corrected chi connectivity index (χ3v) is 5.07. The lowest BCUT2D eigenvalue weighted by molar-refractivity contribution is -0.138. The predicted molar refractivity (Wildman–Crippen MR) is 92.0 cm³/mol. The number of benzene rings is 1. The second-order valence-corrected chi connectivity index (χ2v) is 6.61. The van der Waals surface area contributed by atoms with E-state index in [0.29, 0.717) is 32.5 Å². The number of anilines is 1. The van der Waals surface area contributed by atoms with Crippen LogP contribution in [0.15, 0.2) is 24.3 Å². The number of ether oxygens (including phenoxy) is 1. The Morgan fingerprint density at radius 2 is 1.76 bits per heavy atom. The van der Waals surface area contributed by atoms with Gasteiger partial charge in [0.15, 0.2) is 0 Å². The van der Waals surface area contributed by atoms with Crippen molar-refractivity contribution in [3.63, 3.8) is 0 Å². The van der Waals surface area contributed by atoms with Gasteiger partial charge in [0.25, 0.3) is 0 Å². The highest BCUT2D eigenvalue weighted by molar-refractivity contribution is 6.00. The summed E-state index contributed by atoms with van der Waals surface area (Å²) in [6.45, 7) is 1.44. The Hall–Kier alpha value is -2.57. The Morgan fingerprint density at radius 1 is 1.12 bits per heavy atom. The molecule has 0 bridgehead atoms. The van der Waals surface area contributed by atoms with Gasteiger partial charge in [-0.3, -0.25) is 14.4 Å². The van der Waals surface area contributed by atoms with E-state index >= 15 is 0 Å². The minimum absolute atomic E-state index is 0.00715. The molecule has 1 aromatic carbocycles. The lowest BCUT2D eigenvalue weighted by Gasteiger charge is -2.32. The van der Waals surface area contributed by atoms with Gasteiger partial charge < -0.3 is 20.3 Å². The summed E-state index contributed by atoms with van der Waals surface area (Å²) in [6.07, 6.45) is 1.43. The zero-order chi connectivity index (χ0) is 18.0. The zero-order valence-electron chi connectivity index (χ0n) is 14.3. The van der Waals surface area contributed by atoms with Crippen molar-refractivity contribution in [3.8, 4) is 5.75 Å². The number of likely N-dealkylation sites (tertiary alicyclic amines) is 1. The maximum Gasteiger partial charge on any atom is 0.228 e. The summed E-state index contributed by atoms with van der Waals surface area (Å²) in [7, 11) is 1.59. The van der Waals surface area contributed by atoms with Crippen LogP contribution in [0.25, 0.3) is 0 Å². The van der Waals surface area contributed by atoms with Crippen LogP contribution in [0.4, 0.5) is 5.69 Å². The topological polar surface area (TPSA) is 92.9 Å². The van der Waals surface area contributed by atoms with Gasteiger partial charge in [0.1, 0.15) is 5.75 Å². The van der Waals surface area contributed by atoms with Gasteiger partial charge in [-0.05, 0) is 37.1 Å². The number of nitrogens with zero attached hydrogens (tertiary/aromatic N) is 2. The normalized spacial score (nSPS) is 21.5. The summed E-state index contributed by atoms with van der Waals surface area (Å²) < 4.78 is 5.13. The lowest BCUT2D eigenvalue weighted by Crippen LogP contribution is -2.44. The van der Waals surface area contributed by atoms with Crippen molar-refractivity contribution in [3.05, 3.63) is 24.3 Å². The number of hydrogen-bond acceptors (Lipinski definition) is 4. The predicted octanol–water partition coefficient (Wildman–Crippen LogP) is 0.772. The van der Waals surface area contributed by atoms with E-state index in [2.05, 4.69) is 0 Å². The zero-order valence-corrected chi connectivity index (χ0v) is 14.3. The summed E-state index contributed by atoms with van der Waals surface area (Å²) >= 11 is 0. The van der Waals surface area contributed by atoms with Crippen molar-refractivity contribution in [1.82, 2.24) is 4.90 Å². The second-order valence-electron chi connectivity index (χ2n) is 6.61. The molecule has 0 spiro atoms. The van der Waals surface area contributed by atoms with Crippen molar-refractivity contribution >= 4 is 23.4 Å². The van der Waals surface area contributed by atoms with Gasteiger partial charge in [-0.15, -0.1) is 0 Å². The lowest BCUT2D eigenvalue weighted by atomic mass is 9.95. The van der Waals surface area contributed by atoms with Gasteiger partial charge in [0.05, 0.1) is 13.0 Å². The number of methoxy groups -OCH3 is 1. The fourth-order valence-electron chi connectivity index (χ4n) is 3.53. The standard InChI is InChI=1S/C18H23N3O4/c1-25-15-4-2-14(3-5-15)21-11-13(10-16(21)22)18(24)20-8-6-12(7-9-20)17(19)23/h2-5,12-13H,6-11H2,1H3,(H2,19,23). The molecular formula is C18H23N3O4. The third kappa shape index (κ3) is 3.60. The van der Waals surface area contributed by atoms with Crippen molar-refractivity contribution in [2.45, 2.75) is 19.3 Å². The van der Waals surface area contributed by atoms with Crippen LogP contribution >= 0.6 is 0 Å². The van der Waals surface area contributed by atoms with E-state index < -0.39 is 0 Å². The van der Waals surface area contributed by atoms with E-state index in [1.807, 2.05) is 12.1 Å². The van der Waals surface area contributed by atoms with E-state index in [1.165, 1.54) is 0 Å². The number of amides is 3. The van der Waals surface area contributed by atoms with Crippen molar-refractivity contribution in [2.75, 3.05) is 31.6 Å². The van der Waals surface area contributed by atoms with Crippen LogP contribution in [-0.4, -0.2) is 49.4 Å². The molecule has 2 heterocycles. The molecule has 2 fully saturated rings. The number of carbonyl (C=O) groups excluding carboxylic acids is 3. The maximum atomic E-state index is 12.7. The Bertz CT molecular complexity index is 665. The molecule has 0 aromatic heterocycles. The van der Waals surface area contributed by atoms with Gasteiger partial charge in [0, 0.05) is 37.7 Å². The largest absolute Gasteiger partial charge is 0.497 e. The molecule has 1 aromatic rings. The highest BCUT2D eigenvalue weighted by Crippen LogP contribution is 2.29. The first-order valence-corrected chi connectivity index (χ1v) is 8.52. The Balaban J connectivity index is 1.62. The Kier molecular flexibility index (Phi) is 4.92. The van der Waals surface area contributed by atoms with Crippen LogP contribution in [0, 0.1) is 11.8 Å². The molecule has 2 saturated heterocycles. The first-order chi connectivity index (χ1) is 12.0. The first kappa shape index (κ1) is 17.3. The molecular weight excluding hydrogens is 322 g/mol. The van der Waals surface area contributed by atoms with Crippen LogP contribution in [0.3, 0.4) is 0 Å². The summed E-state index contributed by atoms with van der Waals surface area (Å²) in [5.74, 6) is -0.109. The quantitative estimate of drug-likeness (QED) is 0.872. The van der Waals surface area contributed by atoms with Crippen LogP contribution in [0.5, 0.6) is 5.75 Å². The molecule has 134 valence electrons. The molecule has 0 radical (unpaired) electrons. The van der Waals surface area contributed by atoms with Gasteiger partial charge in [-0.1, -0.05) is 0 Å². The van der Waals surface area contributed by atoms with Crippen LogP contribution < -0.4 is 15.4 Å². The van der Waals surface area contributed by atoms with E-state index in [1.54, 1.807) is 29.0 Å². The van der Waals surface area contributed by atoms with Crippen LogP contribution in [0.2, 0.25) is 0 Å². The highest BCUT2D eigenvalue weighted by Gasteiger charge is 2.38. The minimum atomic E-state index is -0.334. The van der Waals surface area contributed by atoms with Gasteiger partial charge >= 0.3 is 0 Å². The smallest absolute Gasteiger partial charge is 0.228 e. The molecule has 25 heavy (non-hydrogen) atoms. The molecule has 1 atom stereocenters. The average molecular weight is 345 g/mol. The summed E-state index contributed by atoms with van der Waals surface area (Å²) in [5, 5.41) is 0. The first-order valence-electron chi connectivity index (χ1n) is 8.52. The molecule has 2 N–H and O–H groups in total. The number of primary amides is 1. The molecule has 7 nitrogen and oxygen atoms in total. The van der Waals surface area contributed by atoms with Crippen molar-refractivity contribution in [2.24, 2.45) is 17.6 Å².